The van der Waals surface area contributed by atoms with Crippen molar-refractivity contribution in [2.75, 3.05) is 23.7 Å². The maximum absolute atomic E-state index is 12.8. The van der Waals surface area contributed by atoms with Gasteiger partial charge in [-0.25, -0.2) is 4.79 Å². The number of hydrogen-bond acceptors (Lipinski definition) is 3. The third kappa shape index (κ3) is 5.57. The fourth-order valence-electron chi connectivity index (χ4n) is 3.24. The number of piperidine rings is 1. The number of amides is 4. The first kappa shape index (κ1) is 20.4. The Morgan fingerprint density at radius 2 is 1.52 bits per heavy atom. The number of nitrogens with zero attached hydrogens (tertiary/aromatic N) is 1. The van der Waals surface area contributed by atoms with E-state index in [1.165, 1.54) is 0 Å². The van der Waals surface area contributed by atoms with E-state index in [2.05, 4.69) is 16.0 Å². The number of carbonyl (C=O) groups excluding carboxylic acids is 3. The zero-order chi connectivity index (χ0) is 20.6. The van der Waals surface area contributed by atoms with Crippen molar-refractivity contribution >= 4 is 29.2 Å². The molecule has 0 spiro atoms. The van der Waals surface area contributed by atoms with E-state index < -0.39 is 18.0 Å². The summed E-state index contributed by atoms with van der Waals surface area (Å²) in [6, 6.07) is 14.7. The van der Waals surface area contributed by atoms with Crippen LogP contribution in [0, 0.1) is 0 Å². The minimum Gasteiger partial charge on any atom is -0.339 e. The van der Waals surface area contributed by atoms with Gasteiger partial charge < -0.3 is 20.9 Å². The summed E-state index contributed by atoms with van der Waals surface area (Å²) in [7, 11) is 0. The van der Waals surface area contributed by atoms with Crippen molar-refractivity contribution < 1.29 is 14.4 Å². The predicted octanol–water partition coefficient (Wildman–Crippen LogP) is 3.46. The molecule has 1 aliphatic heterocycles. The molecule has 1 fully saturated rings. The zero-order valence-corrected chi connectivity index (χ0v) is 16.5. The van der Waals surface area contributed by atoms with Crippen LogP contribution in [0.15, 0.2) is 54.6 Å². The fourth-order valence-corrected chi connectivity index (χ4v) is 3.24. The van der Waals surface area contributed by atoms with Gasteiger partial charge in [0, 0.05) is 18.8 Å². The zero-order valence-electron chi connectivity index (χ0n) is 16.5. The number of nitrogens with one attached hydrogen (secondary N) is 3. The van der Waals surface area contributed by atoms with Crippen molar-refractivity contribution in [2.45, 2.75) is 32.2 Å². The lowest BCUT2D eigenvalue weighted by Crippen LogP contribution is -2.44. The third-order valence-corrected chi connectivity index (χ3v) is 4.83. The van der Waals surface area contributed by atoms with Crippen LogP contribution in [-0.2, 0) is 4.79 Å². The van der Waals surface area contributed by atoms with Crippen molar-refractivity contribution in [3.63, 3.8) is 0 Å². The smallest absolute Gasteiger partial charge is 0.319 e. The van der Waals surface area contributed by atoms with E-state index in [-0.39, 0.29) is 5.91 Å². The van der Waals surface area contributed by atoms with Crippen LogP contribution in [0.5, 0.6) is 0 Å². The summed E-state index contributed by atoms with van der Waals surface area (Å²) >= 11 is 0. The Labute approximate surface area is 170 Å². The molecule has 4 amide bonds. The molecule has 29 heavy (non-hydrogen) atoms. The van der Waals surface area contributed by atoms with Gasteiger partial charge in [0.25, 0.3) is 5.91 Å². The number of carbonyl (C=O) groups is 3. The van der Waals surface area contributed by atoms with Gasteiger partial charge in [-0.2, -0.15) is 0 Å². The van der Waals surface area contributed by atoms with E-state index in [0.29, 0.717) is 16.9 Å². The fraction of sp³-hybridized carbons (Fsp3) is 0.318. The summed E-state index contributed by atoms with van der Waals surface area (Å²) in [6.45, 7) is 3.06. The molecule has 7 nitrogen and oxygen atoms in total. The Balaban J connectivity index is 1.61. The Hall–Kier alpha value is -3.35. The second-order valence-electron chi connectivity index (χ2n) is 7.07. The van der Waals surface area contributed by atoms with Gasteiger partial charge in [0.2, 0.25) is 5.91 Å². The highest BCUT2D eigenvalue weighted by atomic mass is 16.2. The molecule has 1 unspecified atom stereocenters. The van der Waals surface area contributed by atoms with Crippen LogP contribution in [0.3, 0.4) is 0 Å². The maximum Gasteiger partial charge on any atom is 0.319 e. The lowest BCUT2D eigenvalue weighted by Gasteiger charge is -2.27. The van der Waals surface area contributed by atoms with Crippen molar-refractivity contribution in [1.82, 2.24) is 10.2 Å². The molecular formula is C22H26N4O3. The molecule has 0 aliphatic carbocycles. The Bertz CT molecular complexity index is 863. The molecule has 1 saturated heterocycles. The van der Waals surface area contributed by atoms with Crippen molar-refractivity contribution in [3.05, 3.63) is 60.2 Å². The van der Waals surface area contributed by atoms with Crippen LogP contribution in [0.2, 0.25) is 0 Å². The minimum absolute atomic E-state index is 0.0805. The van der Waals surface area contributed by atoms with Gasteiger partial charge in [-0.1, -0.05) is 30.3 Å². The molecule has 0 radical (unpaired) electrons. The highest BCUT2D eigenvalue weighted by Gasteiger charge is 2.22. The second-order valence-corrected chi connectivity index (χ2v) is 7.07. The topological polar surface area (TPSA) is 90.5 Å². The number of anilines is 2. The number of rotatable bonds is 5. The predicted molar refractivity (Wildman–Crippen MR) is 113 cm³/mol. The van der Waals surface area contributed by atoms with Crippen LogP contribution >= 0.6 is 0 Å². The summed E-state index contributed by atoms with van der Waals surface area (Å²) in [5, 5.41) is 8.05. The van der Waals surface area contributed by atoms with E-state index in [1.807, 2.05) is 23.1 Å². The normalized spacial score (nSPS) is 14.6. The summed E-state index contributed by atoms with van der Waals surface area (Å²) in [4.78, 5) is 39.3. The van der Waals surface area contributed by atoms with Gasteiger partial charge in [0.1, 0.15) is 6.04 Å². The quantitative estimate of drug-likeness (QED) is 0.725. The molecule has 2 aromatic carbocycles. The van der Waals surface area contributed by atoms with Crippen LogP contribution in [0.25, 0.3) is 0 Å². The monoisotopic (exact) mass is 394 g/mol. The van der Waals surface area contributed by atoms with E-state index >= 15 is 0 Å². The van der Waals surface area contributed by atoms with E-state index in [1.54, 1.807) is 43.3 Å². The molecule has 3 rings (SSSR count). The van der Waals surface area contributed by atoms with Gasteiger partial charge in [-0.3, -0.25) is 9.59 Å². The maximum atomic E-state index is 12.8. The molecular weight excluding hydrogens is 368 g/mol. The number of hydrogen-bond donors (Lipinski definition) is 3. The molecule has 0 saturated carbocycles. The lowest BCUT2D eigenvalue weighted by molar-refractivity contribution is -0.117. The molecule has 7 heteroatoms. The highest BCUT2D eigenvalue weighted by molar-refractivity contribution is 6.05. The van der Waals surface area contributed by atoms with Crippen LogP contribution < -0.4 is 16.0 Å². The first-order valence-electron chi connectivity index (χ1n) is 9.86. The van der Waals surface area contributed by atoms with E-state index in [0.717, 1.165) is 32.4 Å². The molecule has 2 aromatic rings. The largest absolute Gasteiger partial charge is 0.339 e. The summed E-state index contributed by atoms with van der Waals surface area (Å²) in [5.74, 6) is -0.477. The Kier molecular flexibility index (Phi) is 6.84. The summed E-state index contributed by atoms with van der Waals surface area (Å²) in [5.41, 5.74) is 1.55. The molecule has 1 aliphatic rings. The van der Waals surface area contributed by atoms with Crippen molar-refractivity contribution in [2.24, 2.45) is 0 Å². The standard InChI is InChI=1S/C22H26N4O3/c1-16(23-22(29)24-17-10-4-2-5-11-17)20(27)25-19-13-7-6-12-18(19)21(28)26-14-8-3-9-15-26/h2,4-7,10-13,16H,3,8-9,14-15H2,1H3,(H,25,27)(H2,23,24,29). The Morgan fingerprint density at radius 3 is 2.24 bits per heavy atom. The summed E-state index contributed by atoms with van der Waals surface area (Å²) in [6.07, 6.45) is 3.13. The molecule has 0 bridgehead atoms. The third-order valence-electron chi connectivity index (χ3n) is 4.83. The number of urea groups is 1. The van der Waals surface area contributed by atoms with Gasteiger partial charge in [0.15, 0.2) is 0 Å². The molecule has 0 aromatic heterocycles. The molecule has 152 valence electrons. The summed E-state index contributed by atoms with van der Waals surface area (Å²) < 4.78 is 0. The van der Waals surface area contributed by atoms with Crippen molar-refractivity contribution in [1.29, 1.82) is 0 Å². The van der Waals surface area contributed by atoms with Gasteiger partial charge in [-0.05, 0) is 50.5 Å². The number of para-hydroxylation sites is 2. The van der Waals surface area contributed by atoms with Gasteiger partial charge in [-0.15, -0.1) is 0 Å². The van der Waals surface area contributed by atoms with Crippen LogP contribution in [0.4, 0.5) is 16.2 Å². The Morgan fingerprint density at radius 1 is 0.862 bits per heavy atom. The highest BCUT2D eigenvalue weighted by Crippen LogP contribution is 2.20. The number of likely N-dealkylation sites (tertiary alicyclic amines) is 1. The number of benzene rings is 2. The average Bonchev–Trinajstić information content (AvgIpc) is 2.75. The molecule has 1 heterocycles. The van der Waals surface area contributed by atoms with E-state index in [4.69, 9.17) is 0 Å². The van der Waals surface area contributed by atoms with Gasteiger partial charge in [0.05, 0.1) is 11.3 Å². The SMILES string of the molecule is CC(NC(=O)Nc1ccccc1)C(=O)Nc1ccccc1C(=O)N1CCCCC1. The average molecular weight is 394 g/mol. The first-order valence-corrected chi connectivity index (χ1v) is 9.86. The molecule has 1 atom stereocenters. The van der Waals surface area contributed by atoms with Gasteiger partial charge >= 0.3 is 6.03 Å². The van der Waals surface area contributed by atoms with Crippen LogP contribution in [-0.4, -0.2) is 41.9 Å². The molecule has 3 N–H and O–H groups in total. The minimum atomic E-state index is -0.781. The van der Waals surface area contributed by atoms with Crippen molar-refractivity contribution in [3.8, 4) is 0 Å². The van der Waals surface area contributed by atoms with E-state index in [9.17, 15) is 14.4 Å². The van der Waals surface area contributed by atoms with Crippen LogP contribution in [0.1, 0.15) is 36.5 Å². The lowest BCUT2D eigenvalue weighted by atomic mass is 10.1. The second kappa shape index (κ2) is 9.73. The first-order chi connectivity index (χ1) is 14.0.